The predicted molar refractivity (Wildman–Crippen MR) is 85.6 cm³/mol. The molecule has 0 unspecified atom stereocenters. The molecular weight excluding hydrogens is 296 g/mol. The normalized spacial score (nSPS) is 14.9. The first kappa shape index (κ1) is 15.1. The lowest BCUT2D eigenvalue weighted by molar-refractivity contribution is -0.414. The first-order chi connectivity index (χ1) is 11.0. The summed E-state index contributed by atoms with van der Waals surface area (Å²) in [6.45, 7) is 7.19. The summed E-state index contributed by atoms with van der Waals surface area (Å²) in [5, 5.41) is 10.7. The van der Waals surface area contributed by atoms with E-state index in [2.05, 4.69) is 24.8 Å². The third-order valence-corrected chi connectivity index (χ3v) is 3.86. The van der Waals surface area contributed by atoms with Crippen LogP contribution in [0.5, 0.6) is 0 Å². The molecule has 1 N–H and O–H groups in total. The number of anilines is 2. The maximum absolute atomic E-state index is 10.7. The second-order valence-electron chi connectivity index (χ2n) is 5.61. The van der Waals surface area contributed by atoms with Gasteiger partial charge in [-0.2, -0.15) is 0 Å². The van der Waals surface area contributed by atoms with E-state index in [1.165, 1.54) is 12.3 Å². The fourth-order valence-electron chi connectivity index (χ4n) is 2.71. The van der Waals surface area contributed by atoms with E-state index in [1.807, 2.05) is 19.9 Å². The molecule has 8 heteroatoms. The number of nitrogens with one attached hydrogen (secondary N) is 1. The molecule has 0 amide bonds. The van der Waals surface area contributed by atoms with Gasteiger partial charge in [0.2, 0.25) is 5.95 Å². The van der Waals surface area contributed by atoms with Crippen molar-refractivity contribution in [3.05, 3.63) is 45.9 Å². The number of piperazine rings is 1. The van der Waals surface area contributed by atoms with Crippen molar-refractivity contribution in [2.45, 2.75) is 13.8 Å². The average molecular weight is 315 g/mol. The summed E-state index contributed by atoms with van der Waals surface area (Å²) in [5.74, 6) is 1.66. The van der Waals surface area contributed by atoms with Gasteiger partial charge in [-0.25, -0.2) is 15.0 Å². The summed E-state index contributed by atoms with van der Waals surface area (Å²) in [6.07, 6.45) is 1.43. The number of nitrogens with zero attached hydrogens (tertiary/aromatic N) is 5. The first-order valence-electron chi connectivity index (χ1n) is 7.51. The summed E-state index contributed by atoms with van der Waals surface area (Å²) in [7, 11) is 0. The van der Waals surface area contributed by atoms with Crippen LogP contribution in [0.4, 0.5) is 17.5 Å². The zero-order valence-electron chi connectivity index (χ0n) is 13.2. The lowest BCUT2D eigenvalue weighted by atomic mass is 10.3. The van der Waals surface area contributed by atoms with E-state index in [0.717, 1.165) is 49.3 Å². The van der Waals surface area contributed by atoms with Gasteiger partial charge in [-0.05, 0) is 19.9 Å². The van der Waals surface area contributed by atoms with Gasteiger partial charge >= 0.3 is 5.69 Å². The molecule has 8 nitrogen and oxygen atoms in total. The Morgan fingerprint density at radius 1 is 1.09 bits per heavy atom. The monoisotopic (exact) mass is 315 g/mol. The van der Waals surface area contributed by atoms with Crippen LogP contribution >= 0.6 is 0 Å². The first-order valence-corrected chi connectivity index (χ1v) is 7.51. The van der Waals surface area contributed by atoms with Gasteiger partial charge < -0.3 is 4.90 Å². The topological polar surface area (TPSA) is 89.5 Å². The quantitative estimate of drug-likeness (QED) is 0.623. The Morgan fingerprint density at radius 2 is 1.70 bits per heavy atom. The van der Waals surface area contributed by atoms with E-state index in [0.29, 0.717) is 0 Å². The Bertz CT molecular complexity index is 690. The van der Waals surface area contributed by atoms with Crippen molar-refractivity contribution >= 4 is 17.5 Å². The van der Waals surface area contributed by atoms with Crippen LogP contribution in [-0.2, 0) is 0 Å². The van der Waals surface area contributed by atoms with Gasteiger partial charge in [-0.15, -0.1) is 0 Å². The van der Waals surface area contributed by atoms with Crippen LogP contribution < -0.4 is 14.8 Å². The highest BCUT2D eigenvalue weighted by molar-refractivity contribution is 5.41. The van der Waals surface area contributed by atoms with E-state index in [1.54, 1.807) is 6.07 Å². The molecule has 1 aliphatic rings. The number of H-pyrrole nitrogens is 1. The number of nitro groups is 1. The van der Waals surface area contributed by atoms with Gasteiger partial charge in [-0.1, -0.05) is 0 Å². The number of aromatic amines is 1. The number of hydrogen-bond acceptors (Lipinski definition) is 6. The summed E-state index contributed by atoms with van der Waals surface area (Å²) in [4.78, 5) is 26.6. The van der Waals surface area contributed by atoms with Crippen molar-refractivity contribution in [1.82, 2.24) is 9.97 Å². The molecule has 0 spiro atoms. The number of aryl methyl sites for hydroxylation is 2. The predicted octanol–water partition coefficient (Wildman–Crippen LogP) is 1.14. The fraction of sp³-hybridized carbons (Fsp3) is 0.400. The van der Waals surface area contributed by atoms with Crippen LogP contribution in [0.2, 0.25) is 0 Å². The molecule has 1 fully saturated rings. The van der Waals surface area contributed by atoms with E-state index in [4.69, 9.17) is 0 Å². The molecule has 0 radical (unpaired) electrons. The van der Waals surface area contributed by atoms with Crippen molar-refractivity contribution in [2.24, 2.45) is 0 Å². The highest BCUT2D eigenvalue weighted by Crippen LogP contribution is 2.17. The average Bonchev–Trinajstić information content (AvgIpc) is 2.54. The van der Waals surface area contributed by atoms with E-state index >= 15 is 0 Å². The molecule has 3 heterocycles. The smallest absolute Gasteiger partial charge is 0.308 e. The van der Waals surface area contributed by atoms with Gasteiger partial charge in [0.15, 0.2) is 6.20 Å². The Kier molecular flexibility index (Phi) is 4.05. The summed E-state index contributed by atoms with van der Waals surface area (Å²) >= 11 is 0. The van der Waals surface area contributed by atoms with E-state index < -0.39 is 4.92 Å². The van der Waals surface area contributed by atoms with Crippen LogP contribution in [0.3, 0.4) is 0 Å². The minimum atomic E-state index is -0.407. The summed E-state index contributed by atoms with van der Waals surface area (Å²) in [6, 6.07) is 5.23. The molecule has 3 rings (SSSR count). The number of rotatable bonds is 3. The largest absolute Gasteiger partial charge is 0.333 e. The number of aromatic nitrogens is 3. The molecule has 120 valence electrons. The van der Waals surface area contributed by atoms with Crippen LogP contribution in [0.1, 0.15) is 11.4 Å². The third kappa shape index (κ3) is 3.36. The van der Waals surface area contributed by atoms with E-state index in [-0.39, 0.29) is 5.69 Å². The highest BCUT2D eigenvalue weighted by Gasteiger charge is 2.25. The summed E-state index contributed by atoms with van der Waals surface area (Å²) < 4.78 is 0. The minimum absolute atomic E-state index is 0.0658. The van der Waals surface area contributed by atoms with Crippen molar-refractivity contribution in [3.63, 3.8) is 0 Å². The molecule has 0 atom stereocenters. The number of hydrogen-bond donors (Lipinski definition) is 0. The van der Waals surface area contributed by atoms with Crippen molar-refractivity contribution in [2.75, 3.05) is 36.0 Å². The van der Waals surface area contributed by atoms with Crippen molar-refractivity contribution < 1.29 is 9.91 Å². The Morgan fingerprint density at radius 3 is 2.22 bits per heavy atom. The fourth-order valence-corrected chi connectivity index (χ4v) is 2.71. The summed E-state index contributed by atoms with van der Waals surface area (Å²) in [5.41, 5.74) is 2.01. The molecule has 1 saturated heterocycles. The lowest BCUT2D eigenvalue weighted by Crippen LogP contribution is -2.48. The van der Waals surface area contributed by atoms with Crippen LogP contribution in [-0.4, -0.2) is 41.1 Å². The molecule has 2 aromatic rings. The maximum atomic E-state index is 10.7. The maximum Gasteiger partial charge on any atom is 0.308 e. The van der Waals surface area contributed by atoms with Crippen molar-refractivity contribution in [1.29, 1.82) is 0 Å². The Hall–Kier alpha value is -2.77. The molecule has 0 bridgehead atoms. The second kappa shape index (κ2) is 6.15. The van der Waals surface area contributed by atoms with Crippen LogP contribution in [0.15, 0.2) is 24.4 Å². The molecule has 0 saturated carbocycles. The molecule has 0 aromatic carbocycles. The SMILES string of the molecule is Cc1cc(C)nc(N2CCN(c3ccc([N+](=O)[O-])c[nH+]3)CC2)n1. The standard InChI is InChI=1S/C15H18N6O2/c1-11-9-12(2)18-15(17-11)20-7-5-19(6-8-20)14-4-3-13(10-16-14)21(22)23/h3-4,9-10H,5-8H2,1-2H3/p+1. The zero-order chi connectivity index (χ0) is 16.4. The van der Waals surface area contributed by atoms with E-state index in [9.17, 15) is 10.1 Å². The molecule has 2 aromatic heterocycles. The molecule has 0 aliphatic carbocycles. The van der Waals surface area contributed by atoms with Crippen LogP contribution in [0, 0.1) is 24.0 Å². The van der Waals surface area contributed by atoms with Crippen molar-refractivity contribution in [3.8, 4) is 0 Å². The van der Waals surface area contributed by atoms with Gasteiger partial charge in [0.25, 0.3) is 5.82 Å². The van der Waals surface area contributed by atoms with Gasteiger partial charge in [0.1, 0.15) is 13.1 Å². The Balaban J connectivity index is 1.67. The lowest BCUT2D eigenvalue weighted by Gasteiger charge is -2.31. The minimum Gasteiger partial charge on any atom is -0.333 e. The molecule has 23 heavy (non-hydrogen) atoms. The zero-order valence-corrected chi connectivity index (χ0v) is 13.2. The van der Waals surface area contributed by atoms with Crippen LogP contribution in [0.25, 0.3) is 0 Å². The van der Waals surface area contributed by atoms with Gasteiger partial charge in [0.05, 0.1) is 18.0 Å². The van der Waals surface area contributed by atoms with Gasteiger partial charge in [0, 0.05) is 23.5 Å². The molecule has 1 aliphatic heterocycles. The highest BCUT2D eigenvalue weighted by atomic mass is 16.6. The van der Waals surface area contributed by atoms with Gasteiger partial charge in [-0.3, -0.25) is 15.0 Å². The second-order valence-corrected chi connectivity index (χ2v) is 5.61. The number of pyridine rings is 1. The third-order valence-electron chi connectivity index (χ3n) is 3.86. The Labute approximate surface area is 134 Å². The molecular formula is C15H19N6O2+.